The Morgan fingerprint density at radius 3 is 2.14 bits per heavy atom. The van der Waals surface area contributed by atoms with Gasteiger partial charge in [-0.2, -0.15) is 0 Å². The monoisotopic (exact) mass is 598 g/mol. The number of hydrogen-bond acceptors (Lipinski definition) is 5. The van der Waals surface area contributed by atoms with Crippen LogP contribution in [0.15, 0.2) is 108 Å². The summed E-state index contributed by atoms with van der Waals surface area (Å²) in [7, 11) is 0. The van der Waals surface area contributed by atoms with Crippen LogP contribution < -0.4 is 16.0 Å². The van der Waals surface area contributed by atoms with Crippen LogP contribution >= 0.6 is 23.4 Å². The van der Waals surface area contributed by atoms with Gasteiger partial charge in [-0.3, -0.25) is 14.4 Å². The first-order valence-corrected chi connectivity index (χ1v) is 14.6. The predicted molar refractivity (Wildman–Crippen MR) is 171 cm³/mol. The zero-order valence-electron chi connectivity index (χ0n) is 23.4. The number of nitrogens with one attached hydrogen (secondary N) is 3. The third kappa shape index (κ3) is 8.80. The van der Waals surface area contributed by atoms with Gasteiger partial charge in [-0.05, 0) is 78.6 Å². The lowest BCUT2D eigenvalue weighted by Gasteiger charge is -2.13. The number of nitrogens with zero attached hydrogens (tertiary/aromatic N) is 1. The SMILES string of the molecule is CC(Sc1ccc(NC(=O)/C(=C/c2ccc(C(C)C)cc2)NC(=O)c2ccccc2)cc1)C(=O)Nc1ccc(Cl)cn1. The molecule has 0 saturated heterocycles. The number of aromatic nitrogens is 1. The standard InChI is InChI=1S/C33H31ClN4O3S/c1-21(2)24-11-9-23(10-12-24)19-29(37-32(40)25-7-5-4-6-8-25)33(41)36-27-14-16-28(17-15-27)42-22(3)31(39)38-30-18-13-26(34)20-35-30/h4-22H,1-3H3,(H,36,41)(H,37,40)(H,35,38,39)/b29-19-. The van der Waals surface area contributed by atoms with Gasteiger partial charge < -0.3 is 16.0 Å². The van der Waals surface area contributed by atoms with Gasteiger partial charge in [-0.1, -0.05) is 67.9 Å². The van der Waals surface area contributed by atoms with Crippen LogP contribution in [0.1, 0.15) is 48.2 Å². The smallest absolute Gasteiger partial charge is 0.272 e. The summed E-state index contributed by atoms with van der Waals surface area (Å²) >= 11 is 7.22. The van der Waals surface area contributed by atoms with E-state index in [2.05, 4.69) is 34.8 Å². The molecule has 1 aromatic heterocycles. The second kappa shape index (κ2) is 14.5. The van der Waals surface area contributed by atoms with Crippen LogP contribution in [0.5, 0.6) is 0 Å². The number of benzene rings is 3. The van der Waals surface area contributed by atoms with Gasteiger partial charge in [0.2, 0.25) is 5.91 Å². The number of rotatable bonds is 10. The topological polar surface area (TPSA) is 100 Å². The van der Waals surface area contributed by atoms with E-state index >= 15 is 0 Å². The largest absolute Gasteiger partial charge is 0.321 e. The Morgan fingerprint density at radius 1 is 0.833 bits per heavy atom. The number of halogens is 1. The van der Waals surface area contributed by atoms with Gasteiger partial charge in [0.05, 0.1) is 10.3 Å². The zero-order valence-corrected chi connectivity index (χ0v) is 25.0. The van der Waals surface area contributed by atoms with Crippen LogP contribution in [0, 0.1) is 0 Å². The molecule has 9 heteroatoms. The average Bonchev–Trinajstić information content (AvgIpc) is 2.99. The number of anilines is 2. The molecule has 0 bridgehead atoms. The number of amides is 3. The molecule has 0 aliphatic carbocycles. The maximum atomic E-state index is 13.3. The fraction of sp³-hybridized carbons (Fsp3) is 0.152. The maximum Gasteiger partial charge on any atom is 0.272 e. The molecule has 1 atom stereocenters. The summed E-state index contributed by atoms with van der Waals surface area (Å²) in [5.74, 6) is -0.242. The molecule has 3 aromatic carbocycles. The number of thioether (sulfide) groups is 1. The summed E-state index contributed by atoms with van der Waals surface area (Å²) in [6, 6.07) is 27.0. The molecule has 3 N–H and O–H groups in total. The van der Waals surface area contributed by atoms with E-state index in [1.165, 1.54) is 23.5 Å². The fourth-order valence-corrected chi connectivity index (χ4v) is 4.82. The van der Waals surface area contributed by atoms with E-state index in [1.54, 1.807) is 61.5 Å². The van der Waals surface area contributed by atoms with Gasteiger partial charge >= 0.3 is 0 Å². The van der Waals surface area contributed by atoms with E-state index in [-0.39, 0.29) is 17.5 Å². The van der Waals surface area contributed by atoms with Crippen molar-refractivity contribution in [2.75, 3.05) is 10.6 Å². The van der Waals surface area contributed by atoms with E-state index in [0.29, 0.717) is 28.0 Å². The van der Waals surface area contributed by atoms with Crippen molar-refractivity contribution in [2.24, 2.45) is 0 Å². The third-order valence-electron chi connectivity index (χ3n) is 6.22. The van der Waals surface area contributed by atoms with Crippen LogP contribution in [0.4, 0.5) is 11.5 Å². The highest BCUT2D eigenvalue weighted by Gasteiger charge is 2.17. The lowest BCUT2D eigenvalue weighted by Crippen LogP contribution is -2.30. The molecule has 3 amide bonds. The van der Waals surface area contributed by atoms with E-state index < -0.39 is 11.2 Å². The summed E-state index contributed by atoms with van der Waals surface area (Å²) in [5, 5.41) is 8.48. The van der Waals surface area contributed by atoms with E-state index in [0.717, 1.165) is 10.5 Å². The Kier molecular flexibility index (Phi) is 10.5. The first kappa shape index (κ1) is 30.6. The third-order valence-corrected chi connectivity index (χ3v) is 7.55. The van der Waals surface area contributed by atoms with Crippen molar-refractivity contribution in [3.8, 4) is 0 Å². The zero-order chi connectivity index (χ0) is 30.1. The Bertz CT molecular complexity index is 1560. The quantitative estimate of drug-likeness (QED) is 0.131. The Labute approximate surface area is 254 Å². The van der Waals surface area contributed by atoms with Crippen LogP contribution in [-0.4, -0.2) is 28.0 Å². The molecule has 4 rings (SSSR count). The minimum absolute atomic E-state index is 0.112. The van der Waals surface area contributed by atoms with Gasteiger partial charge in [-0.25, -0.2) is 4.98 Å². The molecule has 0 aliphatic rings. The Balaban J connectivity index is 1.44. The lowest BCUT2D eigenvalue weighted by molar-refractivity contribution is -0.115. The molecule has 0 spiro atoms. The van der Waals surface area contributed by atoms with Crippen LogP contribution in [-0.2, 0) is 9.59 Å². The van der Waals surface area contributed by atoms with Crippen molar-refractivity contribution in [1.82, 2.24) is 10.3 Å². The van der Waals surface area contributed by atoms with Crippen molar-refractivity contribution in [3.05, 3.63) is 125 Å². The minimum atomic E-state index is -0.462. The van der Waals surface area contributed by atoms with E-state index in [4.69, 9.17) is 11.6 Å². The molecule has 0 fully saturated rings. The summed E-state index contributed by atoms with van der Waals surface area (Å²) in [6.45, 7) is 6.02. The summed E-state index contributed by atoms with van der Waals surface area (Å²) in [6.07, 6.45) is 3.12. The summed E-state index contributed by atoms with van der Waals surface area (Å²) in [5.41, 5.74) is 3.06. The molecule has 0 aliphatic heterocycles. The molecule has 7 nitrogen and oxygen atoms in total. The summed E-state index contributed by atoms with van der Waals surface area (Å²) < 4.78 is 0. The number of carbonyl (C=O) groups is 3. The normalized spacial score (nSPS) is 12.0. The first-order valence-electron chi connectivity index (χ1n) is 13.4. The number of pyridine rings is 1. The molecule has 1 heterocycles. The number of carbonyl (C=O) groups excluding carboxylic acids is 3. The highest BCUT2D eigenvalue weighted by atomic mass is 35.5. The highest BCUT2D eigenvalue weighted by Crippen LogP contribution is 2.26. The van der Waals surface area contributed by atoms with Crippen LogP contribution in [0.25, 0.3) is 6.08 Å². The van der Waals surface area contributed by atoms with Gasteiger partial charge in [0.15, 0.2) is 0 Å². The van der Waals surface area contributed by atoms with Crippen molar-refractivity contribution in [1.29, 1.82) is 0 Å². The van der Waals surface area contributed by atoms with Crippen molar-refractivity contribution in [3.63, 3.8) is 0 Å². The Hall–Kier alpha value is -4.40. The maximum absolute atomic E-state index is 13.3. The number of hydrogen-bond donors (Lipinski definition) is 3. The molecular formula is C33H31ClN4O3S. The van der Waals surface area contributed by atoms with Crippen molar-refractivity contribution < 1.29 is 14.4 Å². The van der Waals surface area contributed by atoms with Crippen LogP contribution in [0.3, 0.4) is 0 Å². The van der Waals surface area contributed by atoms with Gasteiger partial charge in [0.1, 0.15) is 11.5 Å². The Morgan fingerprint density at radius 2 is 1.52 bits per heavy atom. The molecule has 0 saturated carbocycles. The lowest BCUT2D eigenvalue weighted by atomic mass is 10.0. The molecule has 42 heavy (non-hydrogen) atoms. The van der Waals surface area contributed by atoms with Crippen molar-refractivity contribution in [2.45, 2.75) is 36.8 Å². The second-order valence-electron chi connectivity index (χ2n) is 9.79. The molecule has 1 unspecified atom stereocenters. The van der Waals surface area contributed by atoms with E-state index in [1.807, 2.05) is 42.5 Å². The summed E-state index contributed by atoms with van der Waals surface area (Å²) in [4.78, 5) is 43.8. The van der Waals surface area contributed by atoms with Gasteiger partial charge in [-0.15, -0.1) is 11.8 Å². The minimum Gasteiger partial charge on any atom is -0.321 e. The molecule has 4 aromatic rings. The van der Waals surface area contributed by atoms with Crippen LogP contribution in [0.2, 0.25) is 5.02 Å². The predicted octanol–water partition coefficient (Wildman–Crippen LogP) is 7.39. The molecule has 214 valence electrons. The van der Waals surface area contributed by atoms with Gasteiger partial charge in [0, 0.05) is 22.3 Å². The van der Waals surface area contributed by atoms with E-state index in [9.17, 15) is 14.4 Å². The van der Waals surface area contributed by atoms with Gasteiger partial charge in [0.25, 0.3) is 11.8 Å². The molecule has 0 radical (unpaired) electrons. The van der Waals surface area contributed by atoms with Crippen molar-refractivity contribution >= 4 is 58.7 Å². The first-order chi connectivity index (χ1) is 20.2. The highest BCUT2D eigenvalue weighted by molar-refractivity contribution is 8.00. The fourth-order valence-electron chi connectivity index (χ4n) is 3.84. The second-order valence-corrected chi connectivity index (χ2v) is 11.6. The molecular weight excluding hydrogens is 568 g/mol. The average molecular weight is 599 g/mol.